The first kappa shape index (κ1) is 19.7. The van der Waals surface area contributed by atoms with Crippen LogP contribution in [0.4, 0.5) is 10.1 Å². The van der Waals surface area contributed by atoms with Crippen molar-refractivity contribution in [2.75, 3.05) is 0 Å². The zero-order valence-electron chi connectivity index (χ0n) is 14.8. The Bertz CT molecular complexity index is 831. The fraction of sp³-hybridized carbons (Fsp3) is 0.421. The molecule has 0 aliphatic heterocycles. The van der Waals surface area contributed by atoms with Crippen LogP contribution in [0.25, 0.3) is 0 Å². The van der Waals surface area contributed by atoms with Gasteiger partial charge in [-0.2, -0.15) is 0 Å². The molecule has 0 saturated heterocycles. The number of carbonyl (C=O) groups is 1. The Balaban J connectivity index is 1.74. The van der Waals surface area contributed by atoms with Crippen molar-refractivity contribution in [2.45, 2.75) is 44.9 Å². The number of hydrogen-bond donors (Lipinski definition) is 2. The highest BCUT2D eigenvalue weighted by atomic mass is 79.9. The lowest BCUT2D eigenvalue weighted by atomic mass is 9.85. The second-order valence-corrected chi connectivity index (χ2v) is 7.62. The molecule has 1 fully saturated rings. The lowest BCUT2D eigenvalue weighted by molar-refractivity contribution is -0.119. The Hall–Kier alpha value is -2.06. The van der Waals surface area contributed by atoms with Gasteiger partial charge in [-0.3, -0.25) is 15.5 Å². The van der Waals surface area contributed by atoms with Crippen LogP contribution < -0.4 is 5.48 Å². The van der Waals surface area contributed by atoms with Crippen LogP contribution in [0, 0.1) is 11.7 Å². The number of nitrogens with one attached hydrogen (secondary N) is 1. The molecule has 0 radical (unpaired) electrons. The summed E-state index contributed by atoms with van der Waals surface area (Å²) < 4.78 is 18.6. The van der Waals surface area contributed by atoms with Crippen LogP contribution in [0.15, 0.2) is 38.5 Å². The zero-order chi connectivity index (χ0) is 19.2. The van der Waals surface area contributed by atoms with E-state index >= 15 is 0 Å². The molecule has 1 heterocycles. The van der Waals surface area contributed by atoms with Gasteiger partial charge >= 0.3 is 0 Å². The Kier molecular flexibility index (Phi) is 6.73. The van der Waals surface area contributed by atoms with Gasteiger partial charge in [0.25, 0.3) is 0 Å². The van der Waals surface area contributed by atoms with E-state index in [0.29, 0.717) is 29.3 Å². The Morgan fingerprint density at radius 2 is 2.15 bits per heavy atom. The summed E-state index contributed by atoms with van der Waals surface area (Å²) in [4.78, 5) is 16.7. The van der Waals surface area contributed by atoms with Crippen LogP contribution in [-0.4, -0.2) is 22.0 Å². The van der Waals surface area contributed by atoms with E-state index in [0.717, 1.165) is 12.8 Å². The summed E-state index contributed by atoms with van der Waals surface area (Å²) in [5.41, 5.74) is 3.24. The minimum Gasteiger partial charge on any atom is -0.364 e. The maximum absolute atomic E-state index is 13.4. The Morgan fingerprint density at radius 1 is 1.37 bits per heavy atom. The molecule has 3 rings (SSSR count). The number of Topliss-reactive ketones (excluding diaryl/α,β-unsaturated/α-hetero) is 1. The van der Waals surface area contributed by atoms with Crippen LogP contribution in [-0.2, 0) is 11.2 Å². The predicted octanol–water partition coefficient (Wildman–Crippen LogP) is 4.72. The van der Waals surface area contributed by atoms with E-state index in [2.05, 4.69) is 26.1 Å². The van der Waals surface area contributed by atoms with Gasteiger partial charge in [0, 0.05) is 6.42 Å². The number of aromatic nitrogens is 1. The van der Waals surface area contributed by atoms with Crippen molar-refractivity contribution < 1.29 is 18.9 Å². The third-order valence-corrected chi connectivity index (χ3v) is 5.36. The van der Waals surface area contributed by atoms with Crippen LogP contribution in [0.2, 0.25) is 0 Å². The second-order valence-electron chi connectivity index (χ2n) is 6.77. The average Bonchev–Trinajstić information content (AvgIpc) is 3.11. The highest BCUT2D eigenvalue weighted by Crippen LogP contribution is 2.27. The summed E-state index contributed by atoms with van der Waals surface area (Å²) in [6.07, 6.45) is 7.80. The van der Waals surface area contributed by atoms with E-state index in [1.807, 2.05) is 5.48 Å². The summed E-state index contributed by atoms with van der Waals surface area (Å²) in [7, 11) is 0. The molecule has 144 valence electrons. The number of hydroxylamine groups is 1. The van der Waals surface area contributed by atoms with Gasteiger partial charge in [-0.1, -0.05) is 37.3 Å². The number of amidine groups is 1. The molecule has 0 spiro atoms. The lowest BCUT2D eigenvalue weighted by Crippen LogP contribution is -2.22. The Labute approximate surface area is 164 Å². The van der Waals surface area contributed by atoms with Crippen molar-refractivity contribution in [3.05, 3.63) is 46.0 Å². The minimum absolute atomic E-state index is 0.0789. The lowest BCUT2D eigenvalue weighted by Gasteiger charge is -2.20. The molecule has 2 N–H and O–H groups in total. The van der Waals surface area contributed by atoms with Crippen molar-refractivity contribution in [1.29, 1.82) is 0 Å². The third kappa shape index (κ3) is 5.23. The predicted molar refractivity (Wildman–Crippen MR) is 102 cm³/mol. The summed E-state index contributed by atoms with van der Waals surface area (Å²) in [5.74, 6) is 0.211. The SMILES string of the molecule is O=C(Cc1nocc1C(=Nc1ccc(F)c(Br)c1)NO)CC1CCCCC1. The van der Waals surface area contributed by atoms with Crippen LogP contribution in [0.3, 0.4) is 0 Å². The molecular formula is C19H21BrFN3O3. The monoisotopic (exact) mass is 437 g/mol. The molecule has 1 aliphatic rings. The van der Waals surface area contributed by atoms with Gasteiger partial charge in [0.2, 0.25) is 0 Å². The third-order valence-electron chi connectivity index (χ3n) is 4.76. The van der Waals surface area contributed by atoms with Crippen LogP contribution in [0.1, 0.15) is 49.8 Å². The molecule has 0 unspecified atom stereocenters. The average molecular weight is 438 g/mol. The number of halogens is 2. The van der Waals surface area contributed by atoms with Crippen molar-refractivity contribution in [3.63, 3.8) is 0 Å². The zero-order valence-corrected chi connectivity index (χ0v) is 16.3. The molecule has 1 saturated carbocycles. The highest BCUT2D eigenvalue weighted by molar-refractivity contribution is 9.10. The first-order valence-corrected chi connectivity index (χ1v) is 9.75. The normalized spacial score (nSPS) is 15.7. The first-order chi connectivity index (χ1) is 13.1. The molecule has 0 bridgehead atoms. The molecule has 1 aliphatic carbocycles. The summed E-state index contributed by atoms with van der Waals surface area (Å²) in [6.45, 7) is 0. The van der Waals surface area contributed by atoms with Gasteiger partial charge in [-0.25, -0.2) is 9.38 Å². The van der Waals surface area contributed by atoms with Crippen molar-refractivity contribution in [2.24, 2.45) is 10.9 Å². The van der Waals surface area contributed by atoms with Gasteiger partial charge in [0.1, 0.15) is 23.6 Å². The molecule has 1 aromatic carbocycles. The van der Waals surface area contributed by atoms with Crippen molar-refractivity contribution in [3.8, 4) is 0 Å². The van der Waals surface area contributed by atoms with Crippen LogP contribution in [0.5, 0.6) is 0 Å². The van der Waals surface area contributed by atoms with E-state index in [1.165, 1.54) is 43.7 Å². The van der Waals surface area contributed by atoms with E-state index in [1.54, 1.807) is 0 Å². The summed E-state index contributed by atoms with van der Waals surface area (Å²) in [5, 5.41) is 13.4. The number of benzene rings is 1. The van der Waals surface area contributed by atoms with Gasteiger partial charge in [-0.15, -0.1) is 0 Å². The minimum atomic E-state index is -0.411. The topological polar surface area (TPSA) is 87.7 Å². The standard InChI is InChI=1S/C19H21BrFN3O3/c20-16-9-13(6-7-17(16)21)22-19(23-26)15-11-27-24-18(15)10-14(25)8-12-4-2-1-3-5-12/h6-7,9,11-12,26H,1-5,8,10H2,(H,22,23). The van der Waals surface area contributed by atoms with E-state index < -0.39 is 5.82 Å². The van der Waals surface area contributed by atoms with Gasteiger partial charge in [-0.05, 0) is 40.0 Å². The quantitative estimate of drug-likeness (QED) is 0.387. The number of aliphatic imine (C=N–C) groups is 1. The first-order valence-electron chi connectivity index (χ1n) is 8.96. The molecule has 2 aromatic rings. The second kappa shape index (κ2) is 9.23. The summed E-state index contributed by atoms with van der Waals surface area (Å²) in [6, 6.07) is 4.22. The van der Waals surface area contributed by atoms with Gasteiger partial charge in [0.05, 0.1) is 22.1 Å². The van der Waals surface area contributed by atoms with Crippen molar-refractivity contribution >= 4 is 33.2 Å². The maximum Gasteiger partial charge on any atom is 0.162 e. The Morgan fingerprint density at radius 3 is 2.85 bits per heavy atom. The van der Waals surface area contributed by atoms with E-state index in [4.69, 9.17) is 4.52 Å². The number of ketones is 1. The van der Waals surface area contributed by atoms with Crippen LogP contribution >= 0.6 is 15.9 Å². The fourth-order valence-electron chi connectivity index (χ4n) is 3.38. The molecular weight excluding hydrogens is 417 g/mol. The van der Waals surface area contributed by atoms with Gasteiger partial charge in [0.15, 0.2) is 5.84 Å². The summed E-state index contributed by atoms with van der Waals surface area (Å²) >= 11 is 3.10. The molecule has 0 amide bonds. The number of nitrogens with zero attached hydrogens (tertiary/aromatic N) is 2. The van der Waals surface area contributed by atoms with E-state index in [-0.39, 0.29) is 22.5 Å². The molecule has 27 heavy (non-hydrogen) atoms. The number of hydrogen-bond acceptors (Lipinski definition) is 5. The largest absolute Gasteiger partial charge is 0.364 e. The number of carbonyl (C=O) groups excluding carboxylic acids is 1. The van der Waals surface area contributed by atoms with Crippen molar-refractivity contribution in [1.82, 2.24) is 10.6 Å². The molecule has 8 heteroatoms. The number of rotatable bonds is 6. The van der Waals surface area contributed by atoms with E-state index in [9.17, 15) is 14.4 Å². The fourth-order valence-corrected chi connectivity index (χ4v) is 3.75. The highest BCUT2D eigenvalue weighted by Gasteiger charge is 2.21. The van der Waals surface area contributed by atoms with Gasteiger partial charge < -0.3 is 4.52 Å². The molecule has 0 atom stereocenters. The molecule has 1 aromatic heterocycles. The molecule has 6 nitrogen and oxygen atoms in total. The maximum atomic E-state index is 13.4. The smallest absolute Gasteiger partial charge is 0.162 e.